The monoisotopic (exact) mass is 406 g/mol. The van der Waals surface area contributed by atoms with Crippen molar-refractivity contribution in [3.63, 3.8) is 0 Å². The molecule has 0 bridgehead atoms. The van der Waals surface area contributed by atoms with E-state index in [-0.39, 0.29) is 0 Å². The van der Waals surface area contributed by atoms with Gasteiger partial charge in [-0.25, -0.2) is 14.5 Å². The van der Waals surface area contributed by atoms with Crippen molar-refractivity contribution in [3.8, 4) is 17.1 Å². The zero-order valence-corrected chi connectivity index (χ0v) is 18.5. The van der Waals surface area contributed by atoms with Crippen molar-refractivity contribution in [2.75, 3.05) is 26.7 Å². The first-order valence-corrected chi connectivity index (χ1v) is 10.6. The van der Waals surface area contributed by atoms with Crippen LogP contribution in [0.1, 0.15) is 31.5 Å². The third-order valence-corrected chi connectivity index (χ3v) is 6.04. The molecule has 7 nitrogen and oxygen atoms in total. The summed E-state index contributed by atoms with van der Waals surface area (Å²) in [5.74, 6) is 1.51. The highest BCUT2D eigenvalue weighted by molar-refractivity contribution is 5.94. The topological polar surface area (TPSA) is 60.5 Å². The summed E-state index contributed by atoms with van der Waals surface area (Å²) < 4.78 is 9.37. The van der Waals surface area contributed by atoms with E-state index in [2.05, 4.69) is 42.3 Å². The van der Waals surface area contributed by atoms with Crippen molar-refractivity contribution in [2.45, 2.75) is 40.7 Å². The Morgan fingerprint density at radius 1 is 1.03 bits per heavy atom. The lowest BCUT2D eigenvalue weighted by Gasteiger charge is -2.18. The van der Waals surface area contributed by atoms with Gasteiger partial charge in [-0.1, -0.05) is 13.8 Å². The van der Waals surface area contributed by atoms with Crippen LogP contribution in [0.25, 0.3) is 28.1 Å². The maximum atomic E-state index is 5.25. The van der Waals surface area contributed by atoms with Crippen LogP contribution in [-0.4, -0.2) is 55.8 Å². The van der Waals surface area contributed by atoms with Gasteiger partial charge in [0, 0.05) is 17.8 Å². The number of methoxy groups -OCH3 is 1. The number of hydrogen-bond donors (Lipinski definition) is 0. The summed E-state index contributed by atoms with van der Waals surface area (Å²) in [7, 11) is 1.67. The first kappa shape index (κ1) is 20.3. The molecule has 1 aromatic carbocycles. The summed E-state index contributed by atoms with van der Waals surface area (Å²) in [6.45, 7) is 13.0. The maximum absolute atomic E-state index is 5.25. The molecular weight excluding hydrogens is 376 g/mol. The van der Waals surface area contributed by atoms with Crippen molar-refractivity contribution >= 4 is 16.7 Å². The Balaban J connectivity index is 1.71. The van der Waals surface area contributed by atoms with E-state index in [1.807, 2.05) is 24.3 Å². The van der Waals surface area contributed by atoms with Gasteiger partial charge in [0.05, 0.1) is 12.5 Å². The van der Waals surface area contributed by atoms with Gasteiger partial charge in [0.2, 0.25) is 0 Å². The molecule has 0 radical (unpaired) electrons. The first-order chi connectivity index (χ1) is 14.6. The summed E-state index contributed by atoms with van der Waals surface area (Å²) in [5.41, 5.74) is 5.28. The highest BCUT2D eigenvalue weighted by Crippen LogP contribution is 2.28. The molecule has 0 unspecified atom stereocenters. The number of aryl methyl sites for hydroxylation is 2. The van der Waals surface area contributed by atoms with E-state index in [9.17, 15) is 0 Å². The molecule has 0 spiro atoms. The van der Waals surface area contributed by atoms with Crippen molar-refractivity contribution < 1.29 is 4.74 Å². The third kappa shape index (κ3) is 3.54. The largest absolute Gasteiger partial charge is 0.497 e. The van der Waals surface area contributed by atoms with Crippen molar-refractivity contribution in [2.24, 2.45) is 0 Å². The minimum atomic E-state index is 0.693. The first-order valence-electron chi connectivity index (χ1n) is 10.6. The van der Waals surface area contributed by atoms with Gasteiger partial charge >= 0.3 is 0 Å². The Bertz CT molecular complexity index is 1150. The smallest absolute Gasteiger partial charge is 0.182 e. The predicted molar refractivity (Wildman–Crippen MR) is 120 cm³/mol. The molecular formula is C23H30N6O. The van der Waals surface area contributed by atoms with Crippen LogP contribution in [0.15, 0.2) is 30.6 Å². The van der Waals surface area contributed by atoms with Gasteiger partial charge in [-0.3, -0.25) is 0 Å². The second kappa shape index (κ2) is 8.44. The molecule has 7 heteroatoms. The molecule has 4 rings (SSSR count). The number of hydrogen-bond acceptors (Lipinski definition) is 5. The summed E-state index contributed by atoms with van der Waals surface area (Å²) in [4.78, 5) is 12.1. The molecule has 0 aliphatic heterocycles. The van der Waals surface area contributed by atoms with Crippen LogP contribution in [0.4, 0.5) is 0 Å². The average molecular weight is 407 g/mol. The van der Waals surface area contributed by atoms with E-state index in [0.717, 1.165) is 60.6 Å². The Labute approximate surface area is 177 Å². The molecule has 0 saturated carbocycles. The average Bonchev–Trinajstić information content (AvgIpc) is 3.31. The summed E-state index contributed by atoms with van der Waals surface area (Å²) >= 11 is 0. The molecule has 0 fully saturated rings. The van der Waals surface area contributed by atoms with Crippen LogP contribution in [0.5, 0.6) is 5.75 Å². The molecule has 3 aromatic heterocycles. The predicted octanol–water partition coefficient (Wildman–Crippen LogP) is 4.10. The molecule has 3 heterocycles. The maximum Gasteiger partial charge on any atom is 0.182 e. The molecule has 0 atom stereocenters. The molecule has 0 saturated heterocycles. The number of ether oxygens (including phenoxy) is 1. The lowest BCUT2D eigenvalue weighted by molar-refractivity contribution is 0.293. The summed E-state index contributed by atoms with van der Waals surface area (Å²) in [5, 5.41) is 5.75. The van der Waals surface area contributed by atoms with E-state index < -0.39 is 0 Å². The van der Waals surface area contributed by atoms with Crippen molar-refractivity contribution in [1.29, 1.82) is 0 Å². The zero-order valence-electron chi connectivity index (χ0n) is 18.5. The van der Waals surface area contributed by atoms with Crippen LogP contribution in [0.2, 0.25) is 0 Å². The lowest BCUT2D eigenvalue weighted by Crippen LogP contribution is -2.25. The van der Waals surface area contributed by atoms with Crippen molar-refractivity contribution in [1.82, 2.24) is 29.0 Å². The number of benzene rings is 1. The van der Waals surface area contributed by atoms with Gasteiger partial charge in [-0.2, -0.15) is 0 Å². The van der Waals surface area contributed by atoms with Gasteiger partial charge in [0.15, 0.2) is 11.5 Å². The molecule has 4 aromatic rings. The SMILES string of the molecule is CCN(CC)CCCn1c(C)c(C)c2c1ncn1nc(-c3ccc(OC)cc3)nc21. The fourth-order valence-electron chi connectivity index (χ4n) is 4.06. The van der Waals surface area contributed by atoms with Crippen LogP contribution in [0, 0.1) is 13.8 Å². The molecule has 0 amide bonds. The molecule has 30 heavy (non-hydrogen) atoms. The minimum Gasteiger partial charge on any atom is -0.497 e. The third-order valence-electron chi connectivity index (χ3n) is 6.04. The van der Waals surface area contributed by atoms with Crippen molar-refractivity contribution in [3.05, 3.63) is 41.9 Å². The standard InChI is InChI=1S/C23H30N6O/c1-6-27(7-2)13-8-14-28-17(4)16(3)20-22(28)24-15-29-23(20)25-21(26-29)18-9-11-19(30-5)12-10-18/h9-12,15H,6-8,13-14H2,1-5H3. The Hall–Kier alpha value is -2.93. The van der Waals surface area contributed by atoms with Gasteiger partial charge in [0.1, 0.15) is 17.7 Å². The fourth-order valence-corrected chi connectivity index (χ4v) is 4.06. The van der Waals surface area contributed by atoms with E-state index >= 15 is 0 Å². The fraction of sp³-hybridized carbons (Fsp3) is 0.435. The van der Waals surface area contributed by atoms with E-state index in [0.29, 0.717) is 5.82 Å². The molecule has 0 aliphatic rings. The van der Waals surface area contributed by atoms with Gasteiger partial charge in [0.25, 0.3) is 0 Å². The number of nitrogens with zero attached hydrogens (tertiary/aromatic N) is 6. The number of aromatic nitrogens is 5. The van der Waals surface area contributed by atoms with E-state index in [4.69, 9.17) is 14.7 Å². The molecule has 0 N–H and O–H groups in total. The lowest BCUT2D eigenvalue weighted by atomic mass is 10.2. The normalized spacial score (nSPS) is 11.8. The van der Waals surface area contributed by atoms with E-state index in [1.54, 1.807) is 18.0 Å². The van der Waals surface area contributed by atoms with Gasteiger partial charge in [-0.05, 0) is 69.7 Å². The van der Waals surface area contributed by atoms with Gasteiger partial charge in [-0.15, -0.1) is 5.10 Å². The number of fused-ring (bicyclic) bond motifs is 3. The molecule has 0 aliphatic carbocycles. The number of rotatable bonds is 8. The summed E-state index contributed by atoms with van der Waals surface area (Å²) in [6, 6.07) is 7.82. The Morgan fingerprint density at radius 3 is 2.43 bits per heavy atom. The van der Waals surface area contributed by atoms with Gasteiger partial charge < -0.3 is 14.2 Å². The van der Waals surface area contributed by atoms with Crippen LogP contribution in [0.3, 0.4) is 0 Å². The van der Waals surface area contributed by atoms with Crippen LogP contribution >= 0.6 is 0 Å². The van der Waals surface area contributed by atoms with E-state index in [1.165, 1.54) is 11.3 Å². The van der Waals surface area contributed by atoms with Crippen LogP contribution in [-0.2, 0) is 6.54 Å². The second-order valence-corrected chi connectivity index (χ2v) is 7.62. The van der Waals surface area contributed by atoms with Crippen LogP contribution < -0.4 is 4.74 Å². The molecule has 158 valence electrons. The zero-order chi connectivity index (χ0) is 21.3. The Kier molecular flexibility index (Phi) is 5.72. The highest BCUT2D eigenvalue weighted by atomic mass is 16.5. The quantitative estimate of drug-likeness (QED) is 0.441. The summed E-state index contributed by atoms with van der Waals surface area (Å²) in [6.07, 6.45) is 2.87. The Morgan fingerprint density at radius 2 is 1.77 bits per heavy atom. The highest BCUT2D eigenvalue weighted by Gasteiger charge is 2.18. The second-order valence-electron chi connectivity index (χ2n) is 7.62. The minimum absolute atomic E-state index is 0.693.